The zero-order valence-electron chi connectivity index (χ0n) is 14.8. The lowest BCUT2D eigenvalue weighted by atomic mass is 10.1. The van der Waals surface area contributed by atoms with Crippen molar-refractivity contribution in [2.45, 2.75) is 43.3 Å². The Morgan fingerprint density at radius 1 is 1.32 bits per heavy atom. The molecular weight excluding hydrogens is 356 g/mol. The van der Waals surface area contributed by atoms with E-state index in [1.165, 1.54) is 18.2 Å². The number of benzene rings is 1. The molecule has 1 N–H and O–H groups in total. The maximum atomic E-state index is 12.7. The number of aliphatic imine (C=N–C) groups is 1. The molecule has 0 aromatic heterocycles. The summed E-state index contributed by atoms with van der Waals surface area (Å²) in [7, 11) is -3.47. The van der Waals surface area contributed by atoms with Crippen molar-refractivity contribution < 1.29 is 8.42 Å². The number of hydrogen-bond donors (Lipinski definition) is 1. The van der Waals surface area contributed by atoms with Crippen LogP contribution in [0.5, 0.6) is 0 Å². The van der Waals surface area contributed by atoms with E-state index < -0.39 is 15.1 Å². The number of sulfone groups is 1. The standard InChI is InChI=1S/C17H24N4O2S2/c1-13(2)25(22,23)16-8-7-14(21-9-5-4-6-10-21)11-15(16)20-17(24-3)19-12-18/h7-8,11,13H,4-6,9-10H2,1-3H3,(H,19,20). The molecule has 0 radical (unpaired) electrons. The van der Waals surface area contributed by atoms with Crippen molar-refractivity contribution in [2.75, 3.05) is 24.2 Å². The van der Waals surface area contributed by atoms with Crippen LogP contribution in [-0.4, -0.2) is 38.2 Å². The van der Waals surface area contributed by atoms with Crippen LogP contribution >= 0.6 is 11.8 Å². The number of nitrogens with one attached hydrogen (secondary N) is 1. The lowest BCUT2D eigenvalue weighted by molar-refractivity contribution is 0.577. The number of thioether (sulfide) groups is 1. The van der Waals surface area contributed by atoms with Gasteiger partial charge in [0.15, 0.2) is 21.2 Å². The van der Waals surface area contributed by atoms with Gasteiger partial charge in [0.05, 0.1) is 15.8 Å². The molecule has 25 heavy (non-hydrogen) atoms. The van der Waals surface area contributed by atoms with E-state index in [1.54, 1.807) is 26.2 Å². The second kappa shape index (κ2) is 8.59. The van der Waals surface area contributed by atoms with E-state index in [1.807, 2.05) is 18.3 Å². The second-order valence-electron chi connectivity index (χ2n) is 6.15. The van der Waals surface area contributed by atoms with Crippen LogP contribution in [0.2, 0.25) is 0 Å². The highest BCUT2D eigenvalue weighted by molar-refractivity contribution is 8.13. The van der Waals surface area contributed by atoms with Gasteiger partial charge in [-0.1, -0.05) is 11.8 Å². The Kier molecular flexibility index (Phi) is 6.73. The monoisotopic (exact) mass is 380 g/mol. The summed E-state index contributed by atoms with van der Waals surface area (Å²) in [5.74, 6) is 0. The Morgan fingerprint density at radius 3 is 2.56 bits per heavy atom. The number of nitrogens with zero attached hydrogens (tertiary/aromatic N) is 3. The summed E-state index contributed by atoms with van der Waals surface area (Å²) in [4.78, 5) is 6.87. The Morgan fingerprint density at radius 2 is 2.00 bits per heavy atom. The normalized spacial score (nSPS) is 16.0. The molecule has 136 valence electrons. The topological polar surface area (TPSA) is 85.6 Å². The first-order valence-corrected chi connectivity index (χ1v) is 11.1. The van der Waals surface area contributed by atoms with E-state index in [4.69, 9.17) is 5.26 Å². The van der Waals surface area contributed by atoms with Crippen molar-refractivity contribution >= 4 is 38.1 Å². The molecule has 0 aliphatic carbocycles. The van der Waals surface area contributed by atoms with Gasteiger partial charge in [0.25, 0.3) is 0 Å². The number of anilines is 1. The quantitative estimate of drug-likeness (QED) is 0.373. The largest absolute Gasteiger partial charge is 0.371 e. The van der Waals surface area contributed by atoms with Crippen LogP contribution in [0.25, 0.3) is 0 Å². The first-order valence-electron chi connectivity index (χ1n) is 8.31. The number of piperidine rings is 1. The average Bonchev–Trinajstić information content (AvgIpc) is 2.61. The fourth-order valence-electron chi connectivity index (χ4n) is 2.72. The summed E-state index contributed by atoms with van der Waals surface area (Å²) in [6.07, 6.45) is 7.12. The number of amidine groups is 1. The van der Waals surface area contributed by atoms with E-state index >= 15 is 0 Å². The highest BCUT2D eigenvalue weighted by Gasteiger charge is 2.24. The molecule has 1 fully saturated rings. The first-order chi connectivity index (χ1) is 11.9. The molecule has 1 aliphatic heterocycles. The van der Waals surface area contributed by atoms with Gasteiger partial charge >= 0.3 is 0 Å². The van der Waals surface area contributed by atoms with Crippen molar-refractivity contribution in [3.05, 3.63) is 18.2 Å². The van der Waals surface area contributed by atoms with Crippen molar-refractivity contribution in [1.29, 1.82) is 5.26 Å². The van der Waals surface area contributed by atoms with E-state index in [0.717, 1.165) is 31.6 Å². The number of rotatable bonds is 4. The molecule has 0 unspecified atom stereocenters. The molecule has 0 bridgehead atoms. The molecule has 1 aliphatic rings. The molecule has 0 amide bonds. The van der Waals surface area contributed by atoms with Gasteiger partial charge in [-0.25, -0.2) is 13.4 Å². The molecule has 1 heterocycles. The highest BCUT2D eigenvalue weighted by atomic mass is 32.2. The second-order valence-corrected chi connectivity index (χ2v) is 9.42. The lowest BCUT2D eigenvalue weighted by Gasteiger charge is -2.29. The molecule has 1 aromatic carbocycles. The van der Waals surface area contributed by atoms with E-state index in [9.17, 15) is 8.42 Å². The van der Waals surface area contributed by atoms with Gasteiger partial charge in [-0.3, -0.25) is 5.32 Å². The van der Waals surface area contributed by atoms with Crippen molar-refractivity contribution in [3.8, 4) is 6.19 Å². The van der Waals surface area contributed by atoms with Gasteiger partial charge in [0.2, 0.25) is 0 Å². The minimum absolute atomic E-state index is 0.203. The highest BCUT2D eigenvalue weighted by Crippen LogP contribution is 2.33. The van der Waals surface area contributed by atoms with Gasteiger partial charge in [-0.05, 0) is 57.6 Å². The predicted molar refractivity (Wildman–Crippen MR) is 104 cm³/mol. The SMILES string of the molecule is CSC(=Nc1cc(N2CCCCC2)ccc1S(=O)(=O)C(C)C)NC#N. The van der Waals surface area contributed by atoms with E-state index in [-0.39, 0.29) is 4.90 Å². The summed E-state index contributed by atoms with van der Waals surface area (Å²) >= 11 is 1.27. The number of nitriles is 1. The van der Waals surface area contributed by atoms with Crippen LogP contribution in [0.1, 0.15) is 33.1 Å². The van der Waals surface area contributed by atoms with Crippen molar-refractivity contribution in [3.63, 3.8) is 0 Å². The molecule has 1 saturated heterocycles. The van der Waals surface area contributed by atoms with Crippen LogP contribution in [0.15, 0.2) is 28.1 Å². The van der Waals surface area contributed by atoms with Crippen LogP contribution < -0.4 is 10.2 Å². The third-order valence-electron chi connectivity index (χ3n) is 4.17. The smallest absolute Gasteiger partial charge is 0.183 e. The zero-order chi connectivity index (χ0) is 18.4. The van der Waals surface area contributed by atoms with E-state index in [0.29, 0.717) is 10.9 Å². The molecule has 0 atom stereocenters. The van der Waals surface area contributed by atoms with Crippen LogP contribution in [0, 0.1) is 11.5 Å². The lowest BCUT2D eigenvalue weighted by Crippen LogP contribution is -2.29. The van der Waals surface area contributed by atoms with Crippen LogP contribution in [0.4, 0.5) is 11.4 Å². The minimum Gasteiger partial charge on any atom is -0.371 e. The Hall–Kier alpha value is -1.72. The molecule has 0 saturated carbocycles. The van der Waals surface area contributed by atoms with Gasteiger partial charge in [0, 0.05) is 18.8 Å². The summed E-state index contributed by atoms with van der Waals surface area (Å²) in [6.45, 7) is 5.24. The first kappa shape index (κ1) is 19.6. The van der Waals surface area contributed by atoms with Crippen molar-refractivity contribution in [2.24, 2.45) is 4.99 Å². The number of hydrogen-bond acceptors (Lipinski definition) is 6. The predicted octanol–water partition coefficient (Wildman–Crippen LogP) is 3.28. The van der Waals surface area contributed by atoms with Gasteiger partial charge in [-0.2, -0.15) is 5.26 Å². The summed E-state index contributed by atoms with van der Waals surface area (Å²) in [5, 5.41) is 11.2. The molecular formula is C17H24N4O2S2. The van der Waals surface area contributed by atoms with E-state index in [2.05, 4.69) is 15.2 Å². The fourth-order valence-corrected chi connectivity index (χ4v) is 4.22. The average molecular weight is 381 g/mol. The fraction of sp³-hybridized carbons (Fsp3) is 0.529. The molecule has 6 nitrogen and oxygen atoms in total. The third-order valence-corrected chi connectivity index (χ3v) is 6.95. The molecule has 1 aromatic rings. The Balaban J connectivity index is 2.54. The summed E-state index contributed by atoms with van der Waals surface area (Å²) < 4.78 is 25.4. The molecule has 2 rings (SSSR count). The zero-order valence-corrected chi connectivity index (χ0v) is 16.5. The van der Waals surface area contributed by atoms with Crippen LogP contribution in [-0.2, 0) is 9.84 Å². The molecule has 0 spiro atoms. The minimum atomic E-state index is -3.47. The Bertz CT molecular complexity index is 776. The Labute approximate surface area is 154 Å². The summed E-state index contributed by atoms with van der Waals surface area (Å²) in [6, 6.07) is 5.31. The summed E-state index contributed by atoms with van der Waals surface area (Å²) in [5.41, 5.74) is 1.35. The maximum Gasteiger partial charge on any atom is 0.183 e. The molecule has 8 heteroatoms. The van der Waals surface area contributed by atoms with Gasteiger partial charge in [0.1, 0.15) is 0 Å². The van der Waals surface area contributed by atoms with Crippen molar-refractivity contribution in [1.82, 2.24) is 5.32 Å². The van der Waals surface area contributed by atoms with Gasteiger partial charge in [-0.15, -0.1) is 0 Å². The maximum absolute atomic E-state index is 12.7. The van der Waals surface area contributed by atoms with Gasteiger partial charge < -0.3 is 4.90 Å². The third kappa shape index (κ3) is 4.67. The van der Waals surface area contributed by atoms with Crippen LogP contribution in [0.3, 0.4) is 0 Å².